The van der Waals surface area contributed by atoms with Crippen LogP contribution in [0.4, 0.5) is 11.5 Å². The van der Waals surface area contributed by atoms with Crippen LogP contribution in [0.25, 0.3) is 11.2 Å². The van der Waals surface area contributed by atoms with Crippen LogP contribution in [-0.2, 0) is 19.5 Å². The van der Waals surface area contributed by atoms with E-state index in [-0.39, 0.29) is 17.4 Å². The Labute approximate surface area is 186 Å². The van der Waals surface area contributed by atoms with E-state index in [0.717, 1.165) is 16.8 Å². The van der Waals surface area contributed by atoms with Gasteiger partial charge in [0.1, 0.15) is 17.0 Å². The number of carbonyl (C=O) groups excluding carboxylic acids is 1. The zero-order valence-corrected chi connectivity index (χ0v) is 19.2. The van der Waals surface area contributed by atoms with Crippen LogP contribution in [0.1, 0.15) is 55.5 Å². The second-order valence-electron chi connectivity index (χ2n) is 8.97. The minimum atomic E-state index is -0.194. The molecule has 3 aromatic heterocycles. The largest absolute Gasteiger partial charge is 0.362 e. The van der Waals surface area contributed by atoms with Crippen LogP contribution >= 0.6 is 0 Å². The summed E-state index contributed by atoms with van der Waals surface area (Å²) in [5, 5.41) is 15.0. The molecule has 0 fully saturated rings. The quantitative estimate of drug-likeness (QED) is 0.497. The highest BCUT2D eigenvalue weighted by Crippen LogP contribution is 2.24. The Morgan fingerprint density at radius 3 is 2.59 bits per heavy atom. The van der Waals surface area contributed by atoms with Crippen molar-refractivity contribution in [2.24, 2.45) is 14.1 Å². The number of aryl methyl sites for hydroxylation is 2. The van der Waals surface area contributed by atoms with E-state index in [9.17, 15) is 4.79 Å². The van der Waals surface area contributed by atoms with Crippen LogP contribution in [0, 0.1) is 0 Å². The Hall–Kier alpha value is -3.75. The van der Waals surface area contributed by atoms with Gasteiger partial charge in [-0.15, -0.1) is 0 Å². The smallest absolute Gasteiger partial charge is 0.273 e. The molecule has 0 unspecified atom stereocenters. The van der Waals surface area contributed by atoms with Gasteiger partial charge in [0.25, 0.3) is 5.91 Å². The average molecular weight is 433 g/mol. The van der Waals surface area contributed by atoms with Crippen LogP contribution < -0.4 is 10.6 Å². The van der Waals surface area contributed by atoms with Crippen LogP contribution in [0.5, 0.6) is 0 Å². The highest BCUT2D eigenvalue weighted by molar-refractivity contribution is 6.03. The van der Waals surface area contributed by atoms with Crippen LogP contribution in [0.3, 0.4) is 0 Å². The van der Waals surface area contributed by atoms with Crippen molar-refractivity contribution >= 4 is 28.6 Å². The van der Waals surface area contributed by atoms with Crippen LogP contribution in [0.2, 0.25) is 0 Å². The summed E-state index contributed by atoms with van der Waals surface area (Å²) < 4.78 is 3.31. The maximum atomic E-state index is 12.9. The fourth-order valence-corrected chi connectivity index (χ4v) is 3.42. The van der Waals surface area contributed by atoms with E-state index in [0.29, 0.717) is 22.8 Å². The molecule has 4 aromatic rings. The molecule has 9 nitrogen and oxygen atoms in total. The Balaban J connectivity index is 1.49. The van der Waals surface area contributed by atoms with Gasteiger partial charge in [0.05, 0.1) is 24.1 Å². The third-order valence-electron chi connectivity index (χ3n) is 5.33. The number of amides is 1. The van der Waals surface area contributed by atoms with Crippen molar-refractivity contribution in [1.82, 2.24) is 29.5 Å². The molecule has 32 heavy (non-hydrogen) atoms. The molecule has 0 aliphatic carbocycles. The van der Waals surface area contributed by atoms with E-state index < -0.39 is 0 Å². The number of fused-ring (bicyclic) bond motifs is 1. The molecule has 0 bridgehead atoms. The lowest BCUT2D eigenvalue weighted by Crippen LogP contribution is -2.16. The first-order valence-corrected chi connectivity index (χ1v) is 10.5. The van der Waals surface area contributed by atoms with Gasteiger partial charge in [0.2, 0.25) is 0 Å². The molecule has 4 rings (SSSR count). The number of hydrogen-bond donors (Lipinski definition) is 2. The summed E-state index contributed by atoms with van der Waals surface area (Å²) >= 11 is 0. The summed E-state index contributed by atoms with van der Waals surface area (Å²) in [6.07, 6.45) is 3.38. The van der Waals surface area contributed by atoms with Crippen molar-refractivity contribution in [3.63, 3.8) is 0 Å². The maximum absolute atomic E-state index is 12.9. The van der Waals surface area contributed by atoms with E-state index in [1.807, 2.05) is 44.3 Å². The van der Waals surface area contributed by atoms with Gasteiger partial charge < -0.3 is 10.6 Å². The third kappa shape index (κ3) is 4.32. The van der Waals surface area contributed by atoms with Crippen molar-refractivity contribution in [2.45, 2.75) is 39.2 Å². The topological polar surface area (TPSA) is 103 Å². The van der Waals surface area contributed by atoms with E-state index >= 15 is 0 Å². The molecular weight excluding hydrogens is 404 g/mol. The van der Waals surface area contributed by atoms with Gasteiger partial charge in [0, 0.05) is 25.2 Å². The SMILES string of the molecule is C[C@H](Nc1cnc2cnn(C)c2n1)c1cccc(NC(=O)c2cc(C(C)(C)C)nn2C)c1. The summed E-state index contributed by atoms with van der Waals surface area (Å²) in [6, 6.07) is 9.55. The van der Waals surface area contributed by atoms with Crippen molar-refractivity contribution in [1.29, 1.82) is 0 Å². The standard InChI is InChI=1S/C23H28N8O/c1-14(26-20-13-24-17-12-25-31(6)21(17)28-20)15-8-7-9-16(10-15)27-22(32)18-11-19(23(2,3)4)29-30(18)5/h7-14H,1-6H3,(H,26,28)(H,27,32)/t14-/m0/s1. The van der Waals surface area contributed by atoms with Crippen molar-refractivity contribution in [3.8, 4) is 0 Å². The number of carbonyl (C=O) groups is 1. The maximum Gasteiger partial charge on any atom is 0.273 e. The summed E-state index contributed by atoms with van der Waals surface area (Å²) in [5.41, 5.74) is 4.46. The number of aromatic nitrogens is 6. The van der Waals surface area contributed by atoms with Gasteiger partial charge in [0.15, 0.2) is 5.65 Å². The first-order valence-electron chi connectivity index (χ1n) is 10.5. The predicted octanol–water partition coefficient (Wildman–Crippen LogP) is 3.82. The number of benzene rings is 1. The second kappa shape index (κ2) is 8.07. The van der Waals surface area contributed by atoms with E-state index in [1.165, 1.54) is 0 Å². The Kier molecular flexibility index (Phi) is 5.41. The van der Waals surface area contributed by atoms with Gasteiger partial charge >= 0.3 is 0 Å². The predicted molar refractivity (Wildman–Crippen MR) is 125 cm³/mol. The van der Waals surface area contributed by atoms with Gasteiger partial charge in [-0.2, -0.15) is 10.2 Å². The first kappa shape index (κ1) is 21.5. The molecule has 166 valence electrons. The molecule has 3 heterocycles. The van der Waals surface area contributed by atoms with Gasteiger partial charge in [-0.25, -0.2) is 14.6 Å². The average Bonchev–Trinajstić information content (AvgIpc) is 3.31. The van der Waals surface area contributed by atoms with E-state index in [2.05, 4.69) is 51.6 Å². The zero-order chi connectivity index (χ0) is 23.0. The lowest BCUT2D eigenvalue weighted by Gasteiger charge is -2.16. The molecule has 0 saturated heterocycles. The molecule has 9 heteroatoms. The number of anilines is 2. The Morgan fingerprint density at radius 1 is 1.09 bits per heavy atom. The van der Waals surface area contributed by atoms with Gasteiger partial charge in [-0.1, -0.05) is 32.9 Å². The lowest BCUT2D eigenvalue weighted by atomic mass is 9.92. The first-order chi connectivity index (χ1) is 15.1. The van der Waals surface area contributed by atoms with Crippen molar-refractivity contribution < 1.29 is 4.79 Å². The number of rotatable bonds is 5. The molecular formula is C23H28N8O. The molecule has 0 aliphatic rings. The van der Waals surface area contributed by atoms with Crippen LogP contribution in [0.15, 0.2) is 42.7 Å². The minimum absolute atomic E-state index is 0.0453. The fraction of sp³-hybridized carbons (Fsp3) is 0.348. The van der Waals surface area contributed by atoms with E-state index in [4.69, 9.17) is 0 Å². The summed E-state index contributed by atoms with van der Waals surface area (Å²) in [5.74, 6) is 0.466. The summed E-state index contributed by atoms with van der Waals surface area (Å²) in [4.78, 5) is 21.8. The van der Waals surface area contributed by atoms with Crippen molar-refractivity contribution in [2.75, 3.05) is 10.6 Å². The fourth-order valence-electron chi connectivity index (χ4n) is 3.42. The Morgan fingerprint density at radius 2 is 1.88 bits per heavy atom. The van der Waals surface area contributed by atoms with Crippen molar-refractivity contribution in [3.05, 3.63) is 59.7 Å². The third-order valence-corrected chi connectivity index (χ3v) is 5.33. The molecule has 0 spiro atoms. The lowest BCUT2D eigenvalue weighted by molar-refractivity contribution is 0.101. The van der Waals surface area contributed by atoms with E-state index in [1.54, 1.807) is 28.8 Å². The minimum Gasteiger partial charge on any atom is -0.362 e. The number of nitrogens with zero attached hydrogens (tertiary/aromatic N) is 6. The molecule has 0 aliphatic heterocycles. The Bertz CT molecular complexity index is 1280. The molecule has 0 radical (unpaired) electrons. The number of nitrogens with one attached hydrogen (secondary N) is 2. The molecule has 1 aromatic carbocycles. The second-order valence-corrected chi connectivity index (χ2v) is 8.97. The van der Waals surface area contributed by atoms with Crippen LogP contribution in [-0.4, -0.2) is 35.4 Å². The highest BCUT2D eigenvalue weighted by Gasteiger charge is 2.22. The normalized spacial score (nSPS) is 12.7. The highest BCUT2D eigenvalue weighted by atomic mass is 16.2. The summed E-state index contributed by atoms with van der Waals surface area (Å²) in [6.45, 7) is 8.26. The monoisotopic (exact) mass is 432 g/mol. The molecule has 0 saturated carbocycles. The number of hydrogen-bond acceptors (Lipinski definition) is 6. The molecule has 2 N–H and O–H groups in total. The zero-order valence-electron chi connectivity index (χ0n) is 19.2. The summed E-state index contributed by atoms with van der Waals surface area (Å²) in [7, 11) is 3.62. The molecule has 1 amide bonds. The molecule has 1 atom stereocenters. The van der Waals surface area contributed by atoms with Gasteiger partial charge in [-0.05, 0) is 30.7 Å². The van der Waals surface area contributed by atoms with Gasteiger partial charge in [-0.3, -0.25) is 9.48 Å².